The number of hydrogen-bond donors (Lipinski definition) is 2. The van der Waals surface area contributed by atoms with Gasteiger partial charge in [0.1, 0.15) is 10.7 Å². The van der Waals surface area contributed by atoms with E-state index in [4.69, 9.17) is 23.1 Å². The van der Waals surface area contributed by atoms with Crippen LogP contribution in [-0.4, -0.2) is 17.6 Å². The van der Waals surface area contributed by atoms with Crippen LogP contribution >= 0.6 is 43.5 Å². The molecule has 0 aromatic heterocycles. The summed E-state index contributed by atoms with van der Waals surface area (Å²) < 4.78 is 15.2. The van der Waals surface area contributed by atoms with Crippen molar-refractivity contribution in [2.45, 2.75) is 37.8 Å². The zero-order valence-electron chi connectivity index (χ0n) is 12.1. The van der Waals surface area contributed by atoms with Gasteiger partial charge in [0.15, 0.2) is 5.82 Å². The molecule has 3 rings (SSSR count). The average Bonchev–Trinajstić information content (AvgIpc) is 2.48. The minimum absolute atomic E-state index is 0.0370. The number of halogens is 4. The number of benzene rings is 1. The van der Waals surface area contributed by atoms with Crippen molar-refractivity contribution in [3.8, 4) is 0 Å². The van der Waals surface area contributed by atoms with Crippen molar-refractivity contribution in [3.05, 3.63) is 25.9 Å². The fourth-order valence-corrected chi connectivity index (χ4v) is 5.06. The van der Waals surface area contributed by atoms with E-state index < -0.39 is 11.5 Å². The van der Waals surface area contributed by atoms with Gasteiger partial charge in [-0.25, -0.2) is 9.38 Å². The van der Waals surface area contributed by atoms with Crippen LogP contribution in [0.3, 0.4) is 0 Å². The number of hydrogen-bond acceptors (Lipinski definition) is 5. The topological polar surface area (TPSA) is 80.0 Å². The van der Waals surface area contributed by atoms with Crippen molar-refractivity contribution in [3.63, 3.8) is 0 Å². The molecule has 0 radical (unpaired) electrons. The zero-order chi connectivity index (χ0) is 16.8. The van der Waals surface area contributed by atoms with Crippen molar-refractivity contribution >= 4 is 61.1 Å². The average molecular weight is 468 g/mol. The molecular formula is C14H15Br2ClFN5. The minimum atomic E-state index is -0.666. The summed E-state index contributed by atoms with van der Waals surface area (Å²) in [5.41, 5.74) is 11.7. The normalized spacial score (nSPS) is 20.4. The van der Waals surface area contributed by atoms with E-state index in [0.29, 0.717) is 10.2 Å². The summed E-state index contributed by atoms with van der Waals surface area (Å²) in [5.74, 6) is -0.236. The molecule has 2 aliphatic rings. The van der Waals surface area contributed by atoms with Crippen LogP contribution in [0.1, 0.15) is 32.1 Å². The SMILES string of the molecule is NC1=NC2(CCCCC2)N(c2c(Br)cc(Br)c(F)c2Cl)C(N)=N1. The number of aliphatic imine (C=N–C) groups is 2. The lowest BCUT2D eigenvalue weighted by molar-refractivity contribution is 0.305. The Labute approximate surface area is 155 Å². The minimum Gasteiger partial charge on any atom is -0.369 e. The van der Waals surface area contributed by atoms with Gasteiger partial charge in [0.25, 0.3) is 0 Å². The molecule has 9 heteroatoms. The largest absolute Gasteiger partial charge is 0.369 e. The second-order valence-corrected chi connectivity index (χ2v) is 7.72. The van der Waals surface area contributed by atoms with Gasteiger partial charge in [0.2, 0.25) is 11.9 Å². The molecule has 5 nitrogen and oxygen atoms in total. The van der Waals surface area contributed by atoms with Crippen LogP contribution in [-0.2, 0) is 0 Å². The molecule has 23 heavy (non-hydrogen) atoms. The molecule has 0 amide bonds. The highest BCUT2D eigenvalue weighted by atomic mass is 79.9. The third-order valence-electron chi connectivity index (χ3n) is 4.16. The third-order valence-corrected chi connectivity index (χ3v) is 5.69. The Balaban J connectivity index is 2.21. The van der Waals surface area contributed by atoms with Crippen LogP contribution in [0.2, 0.25) is 5.02 Å². The maximum absolute atomic E-state index is 14.3. The lowest BCUT2D eigenvalue weighted by Crippen LogP contribution is -2.58. The van der Waals surface area contributed by atoms with Gasteiger partial charge in [-0.2, -0.15) is 4.99 Å². The van der Waals surface area contributed by atoms with E-state index in [1.807, 2.05) is 0 Å². The maximum Gasteiger partial charge on any atom is 0.220 e. The predicted octanol–water partition coefficient (Wildman–Crippen LogP) is 4.11. The van der Waals surface area contributed by atoms with E-state index in [9.17, 15) is 4.39 Å². The van der Waals surface area contributed by atoms with E-state index in [-0.39, 0.29) is 21.4 Å². The molecule has 1 aromatic rings. The fourth-order valence-electron chi connectivity index (χ4n) is 3.21. The van der Waals surface area contributed by atoms with Crippen LogP contribution in [0.4, 0.5) is 10.1 Å². The maximum atomic E-state index is 14.3. The standard InChI is InChI=1S/C14H15Br2ClFN5/c15-7-6-8(16)11(9(17)10(7)18)23-13(20)21-12(19)22-14(23)4-2-1-3-5-14/h6H,1-5H2,(H4,19,20,21,22). The Bertz CT molecular complexity index is 716. The number of rotatable bonds is 1. The van der Waals surface area contributed by atoms with Gasteiger partial charge in [0.05, 0.1) is 10.2 Å². The van der Waals surface area contributed by atoms with E-state index in [0.717, 1.165) is 32.1 Å². The summed E-state index contributed by atoms with van der Waals surface area (Å²) in [7, 11) is 0. The van der Waals surface area contributed by atoms with Crippen molar-refractivity contribution in [2.75, 3.05) is 4.90 Å². The summed E-state index contributed by atoms with van der Waals surface area (Å²) in [6, 6.07) is 1.60. The first-order valence-electron chi connectivity index (χ1n) is 7.18. The highest BCUT2D eigenvalue weighted by Gasteiger charge is 2.44. The Hall–Kier alpha value is -0.860. The number of nitrogens with zero attached hydrogens (tertiary/aromatic N) is 3. The van der Waals surface area contributed by atoms with Gasteiger partial charge in [-0.1, -0.05) is 18.0 Å². The Morgan fingerprint density at radius 1 is 1.17 bits per heavy atom. The third kappa shape index (κ3) is 2.85. The van der Waals surface area contributed by atoms with Gasteiger partial charge >= 0.3 is 0 Å². The number of guanidine groups is 2. The van der Waals surface area contributed by atoms with Crippen molar-refractivity contribution in [1.82, 2.24) is 0 Å². The molecule has 1 saturated carbocycles. The molecule has 1 aliphatic heterocycles. The quantitative estimate of drug-likeness (QED) is 0.482. The van der Waals surface area contributed by atoms with E-state index in [2.05, 4.69) is 41.8 Å². The van der Waals surface area contributed by atoms with Crippen molar-refractivity contribution in [2.24, 2.45) is 21.5 Å². The molecule has 0 atom stereocenters. The second-order valence-electron chi connectivity index (χ2n) is 5.64. The van der Waals surface area contributed by atoms with E-state index in [1.54, 1.807) is 11.0 Å². The van der Waals surface area contributed by atoms with Gasteiger partial charge in [0, 0.05) is 4.47 Å². The van der Waals surface area contributed by atoms with Crippen molar-refractivity contribution in [1.29, 1.82) is 0 Å². The fraction of sp³-hybridized carbons (Fsp3) is 0.429. The summed E-state index contributed by atoms with van der Waals surface area (Å²) in [6.07, 6.45) is 4.59. The molecule has 1 fully saturated rings. The molecule has 0 bridgehead atoms. The number of anilines is 1. The summed E-state index contributed by atoms with van der Waals surface area (Å²) >= 11 is 12.9. The van der Waals surface area contributed by atoms with Gasteiger partial charge in [-0.15, -0.1) is 0 Å². The second kappa shape index (κ2) is 6.22. The highest BCUT2D eigenvalue weighted by Crippen LogP contribution is 2.46. The van der Waals surface area contributed by atoms with Crippen LogP contribution in [0.25, 0.3) is 0 Å². The van der Waals surface area contributed by atoms with Crippen LogP contribution in [0.5, 0.6) is 0 Å². The smallest absolute Gasteiger partial charge is 0.220 e. The first-order valence-corrected chi connectivity index (χ1v) is 9.15. The molecule has 0 unspecified atom stereocenters. The van der Waals surface area contributed by atoms with E-state index >= 15 is 0 Å². The molecule has 1 aliphatic carbocycles. The molecule has 124 valence electrons. The van der Waals surface area contributed by atoms with Crippen LogP contribution in [0.15, 0.2) is 25.0 Å². The lowest BCUT2D eigenvalue weighted by atomic mass is 9.87. The molecule has 1 heterocycles. The Morgan fingerprint density at radius 3 is 2.48 bits per heavy atom. The Morgan fingerprint density at radius 2 is 1.83 bits per heavy atom. The molecule has 4 N–H and O–H groups in total. The molecule has 1 aromatic carbocycles. The predicted molar refractivity (Wildman–Crippen MR) is 98.3 cm³/mol. The summed E-state index contributed by atoms with van der Waals surface area (Å²) in [4.78, 5) is 10.3. The van der Waals surface area contributed by atoms with Gasteiger partial charge in [-0.05, 0) is 63.6 Å². The summed E-state index contributed by atoms with van der Waals surface area (Å²) in [6.45, 7) is 0. The summed E-state index contributed by atoms with van der Waals surface area (Å²) in [5, 5.41) is -0.0370. The highest BCUT2D eigenvalue weighted by molar-refractivity contribution is 9.11. The Kier molecular flexibility index (Phi) is 4.59. The molecule has 0 saturated heterocycles. The van der Waals surface area contributed by atoms with Gasteiger partial charge in [-0.3, -0.25) is 4.90 Å². The molecule has 1 spiro atoms. The van der Waals surface area contributed by atoms with Gasteiger partial charge < -0.3 is 11.5 Å². The van der Waals surface area contributed by atoms with Crippen LogP contribution < -0.4 is 16.4 Å². The first kappa shape index (κ1) is 17.0. The number of nitrogens with two attached hydrogens (primary N) is 2. The lowest BCUT2D eigenvalue weighted by Gasteiger charge is -2.46. The van der Waals surface area contributed by atoms with E-state index in [1.165, 1.54) is 0 Å². The van der Waals surface area contributed by atoms with Crippen LogP contribution in [0, 0.1) is 5.82 Å². The first-order chi connectivity index (χ1) is 10.9. The zero-order valence-corrected chi connectivity index (χ0v) is 16.0. The monoisotopic (exact) mass is 465 g/mol. The molecular weight excluding hydrogens is 452 g/mol. The van der Waals surface area contributed by atoms with Crippen molar-refractivity contribution < 1.29 is 4.39 Å².